The Morgan fingerprint density at radius 3 is 0.915 bits per heavy atom. The summed E-state index contributed by atoms with van der Waals surface area (Å²) in [5.41, 5.74) is 14.7. The van der Waals surface area contributed by atoms with E-state index in [0.717, 1.165) is 38.8 Å². The molecule has 0 saturated heterocycles. The highest BCUT2D eigenvalue weighted by molar-refractivity contribution is 6.33. The molecule has 1 heteroatoms. The van der Waals surface area contributed by atoms with Crippen molar-refractivity contribution < 1.29 is 0 Å². The Bertz CT molecular complexity index is 1890. The van der Waals surface area contributed by atoms with Gasteiger partial charge >= 0.3 is 0 Å². The molecule has 0 nitrogen and oxygen atoms in total. The van der Waals surface area contributed by atoms with Gasteiger partial charge in [-0.05, 0) is 85.0 Å². The van der Waals surface area contributed by atoms with Gasteiger partial charge in [-0.3, -0.25) is 0 Å². The Balaban J connectivity index is 1.17. The highest BCUT2D eigenvalue weighted by atomic mass is 14.1. The van der Waals surface area contributed by atoms with Gasteiger partial charge in [0.2, 0.25) is 0 Å². The van der Waals surface area contributed by atoms with E-state index < -0.39 is 0 Å². The normalized spacial score (nSPS) is 10.6. The quantitative estimate of drug-likeness (QED) is 0.121. The summed E-state index contributed by atoms with van der Waals surface area (Å²) in [4.78, 5) is 0. The first-order chi connectivity index (χ1) is 23.2. The van der Waals surface area contributed by atoms with Gasteiger partial charge in [-0.15, -0.1) is 0 Å². The molecule has 0 N–H and O–H groups in total. The fourth-order valence-corrected chi connectivity index (χ4v) is 6.00. The van der Waals surface area contributed by atoms with E-state index in [-0.39, 0.29) is 0 Å². The molecule has 0 aromatic heterocycles. The molecule has 0 bridgehead atoms. The lowest BCUT2D eigenvalue weighted by Crippen LogP contribution is -2.02. The summed E-state index contributed by atoms with van der Waals surface area (Å²) in [7, 11) is 6.46. The molecular formula is C46H33B. The van der Waals surface area contributed by atoms with E-state index in [4.69, 9.17) is 7.85 Å². The predicted molar refractivity (Wildman–Crippen MR) is 202 cm³/mol. The fourth-order valence-electron chi connectivity index (χ4n) is 6.00. The first-order valence-corrected chi connectivity index (χ1v) is 16.0. The lowest BCUT2D eigenvalue weighted by molar-refractivity contribution is 1.54. The van der Waals surface area contributed by atoms with E-state index in [0.29, 0.717) is 0 Å². The molecule has 0 unspecified atom stereocenters. The number of rotatable bonds is 8. The molecule has 7 aromatic rings. The van der Waals surface area contributed by atoms with Crippen LogP contribution in [0, 0.1) is 0 Å². The van der Waals surface area contributed by atoms with Crippen LogP contribution < -0.4 is 5.46 Å². The molecule has 0 aliphatic carbocycles. The van der Waals surface area contributed by atoms with E-state index in [1.807, 2.05) is 0 Å². The molecule has 220 valence electrons. The maximum Gasteiger partial charge on any atom is 0.113 e. The van der Waals surface area contributed by atoms with Gasteiger partial charge in [0.1, 0.15) is 7.85 Å². The largest absolute Gasteiger partial charge is 0.113 e. The molecule has 0 spiro atoms. The smallest absolute Gasteiger partial charge is 0.0955 e. The van der Waals surface area contributed by atoms with Crippen molar-refractivity contribution in [3.05, 3.63) is 221 Å². The van der Waals surface area contributed by atoms with Gasteiger partial charge in [-0.1, -0.05) is 187 Å². The Morgan fingerprint density at radius 1 is 0.319 bits per heavy atom. The van der Waals surface area contributed by atoms with E-state index >= 15 is 0 Å². The van der Waals surface area contributed by atoms with Crippen LogP contribution in [0.4, 0.5) is 0 Å². The highest BCUT2D eigenvalue weighted by Gasteiger charge is 2.08. The summed E-state index contributed by atoms with van der Waals surface area (Å²) in [5.74, 6) is 0. The molecule has 2 radical (unpaired) electrons. The minimum atomic E-state index is 0.747. The van der Waals surface area contributed by atoms with Crippen molar-refractivity contribution in [2.45, 2.75) is 0 Å². The van der Waals surface area contributed by atoms with Crippen LogP contribution in [0.15, 0.2) is 188 Å². The monoisotopic (exact) mass is 596 g/mol. The van der Waals surface area contributed by atoms with Crippen LogP contribution in [-0.4, -0.2) is 7.85 Å². The van der Waals surface area contributed by atoms with Crippen molar-refractivity contribution in [2.75, 3.05) is 0 Å². The van der Waals surface area contributed by atoms with Crippen LogP contribution in [0.2, 0.25) is 0 Å². The van der Waals surface area contributed by atoms with Crippen LogP contribution in [0.3, 0.4) is 0 Å². The lowest BCUT2D eigenvalue weighted by Gasteiger charge is -2.11. The van der Waals surface area contributed by atoms with Crippen LogP contribution in [0.1, 0.15) is 33.4 Å². The van der Waals surface area contributed by atoms with E-state index in [9.17, 15) is 0 Å². The first-order valence-electron chi connectivity index (χ1n) is 16.0. The van der Waals surface area contributed by atoms with Crippen molar-refractivity contribution in [3.63, 3.8) is 0 Å². The Kier molecular flexibility index (Phi) is 8.88. The average Bonchev–Trinajstić information content (AvgIpc) is 3.14. The molecule has 7 rings (SSSR count). The minimum Gasteiger partial charge on any atom is -0.0955 e. The minimum absolute atomic E-state index is 0.747. The van der Waals surface area contributed by atoms with Gasteiger partial charge in [0.25, 0.3) is 0 Å². The second-order valence-electron chi connectivity index (χ2n) is 11.7. The molecule has 7 aromatic carbocycles. The fraction of sp³-hybridized carbons (Fsp3) is 0. The van der Waals surface area contributed by atoms with Crippen LogP contribution in [-0.2, 0) is 0 Å². The standard InChI is InChI=1S/C46H33B/c47-44-32-42(36-25-21-34(22-26-36)29-45(38-13-5-1-6-14-38)39-15-7-2-8-16-39)31-43(33-44)37-27-23-35(24-28-37)30-46(40-17-9-3-10-18-40)41-19-11-4-12-20-41/h1-33H. The van der Waals surface area contributed by atoms with Crippen molar-refractivity contribution in [2.24, 2.45) is 0 Å². The molecule has 0 aliphatic heterocycles. The molecule has 0 amide bonds. The summed E-state index contributed by atoms with van der Waals surface area (Å²) in [6.45, 7) is 0. The van der Waals surface area contributed by atoms with Crippen molar-refractivity contribution in [3.8, 4) is 22.3 Å². The molecule has 0 atom stereocenters. The van der Waals surface area contributed by atoms with Gasteiger partial charge in [0.15, 0.2) is 0 Å². The van der Waals surface area contributed by atoms with Gasteiger partial charge in [-0.25, -0.2) is 0 Å². The van der Waals surface area contributed by atoms with E-state index in [1.165, 1.54) is 33.4 Å². The van der Waals surface area contributed by atoms with Gasteiger partial charge in [-0.2, -0.15) is 0 Å². The molecule has 0 aliphatic rings. The molecule has 0 heterocycles. The zero-order chi connectivity index (χ0) is 31.8. The maximum absolute atomic E-state index is 6.46. The summed E-state index contributed by atoms with van der Waals surface area (Å²) in [5, 5.41) is 0. The van der Waals surface area contributed by atoms with Crippen LogP contribution >= 0.6 is 0 Å². The second kappa shape index (κ2) is 14.0. The topological polar surface area (TPSA) is 0 Å². The average molecular weight is 597 g/mol. The summed E-state index contributed by atoms with van der Waals surface area (Å²) in [6.07, 6.45) is 4.52. The van der Waals surface area contributed by atoms with Crippen molar-refractivity contribution in [1.29, 1.82) is 0 Å². The van der Waals surface area contributed by atoms with Crippen LogP contribution in [0.25, 0.3) is 45.6 Å². The van der Waals surface area contributed by atoms with Gasteiger partial charge in [0.05, 0.1) is 0 Å². The highest BCUT2D eigenvalue weighted by Crippen LogP contribution is 2.30. The third-order valence-electron chi connectivity index (χ3n) is 8.40. The van der Waals surface area contributed by atoms with E-state index in [2.05, 4.69) is 200 Å². The van der Waals surface area contributed by atoms with Gasteiger partial charge < -0.3 is 0 Å². The molecule has 0 fully saturated rings. The molecule has 47 heavy (non-hydrogen) atoms. The number of hydrogen-bond acceptors (Lipinski definition) is 0. The Morgan fingerprint density at radius 2 is 0.617 bits per heavy atom. The zero-order valence-corrected chi connectivity index (χ0v) is 26.1. The van der Waals surface area contributed by atoms with E-state index in [1.54, 1.807) is 0 Å². The predicted octanol–water partition coefficient (Wildman–Crippen LogP) is 11.0. The Hall–Kier alpha value is -5.92. The number of hydrogen-bond donors (Lipinski definition) is 0. The number of benzene rings is 7. The second-order valence-corrected chi connectivity index (χ2v) is 11.7. The SMILES string of the molecule is [B]c1cc(-c2ccc(C=C(c3ccccc3)c3ccccc3)cc2)cc(-c2ccc(C=C(c3ccccc3)c3ccccc3)cc2)c1. The summed E-state index contributed by atoms with van der Waals surface area (Å²) in [6, 6.07) is 66.0. The zero-order valence-electron chi connectivity index (χ0n) is 26.1. The lowest BCUT2D eigenvalue weighted by atomic mass is 9.87. The van der Waals surface area contributed by atoms with Crippen LogP contribution in [0.5, 0.6) is 0 Å². The first kappa shape index (κ1) is 29.8. The maximum atomic E-state index is 6.46. The van der Waals surface area contributed by atoms with Crippen molar-refractivity contribution in [1.82, 2.24) is 0 Å². The summed E-state index contributed by atoms with van der Waals surface area (Å²) < 4.78 is 0. The Labute approximate surface area is 279 Å². The third-order valence-corrected chi connectivity index (χ3v) is 8.40. The summed E-state index contributed by atoms with van der Waals surface area (Å²) >= 11 is 0. The third kappa shape index (κ3) is 7.16. The molecule has 0 saturated carbocycles. The van der Waals surface area contributed by atoms with Gasteiger partial charge in [0, 0.05) is 0 Å². The molecular weight excluding hydrogens is 563 g/mol. The van der Waals surface area contributed by atoms with Crippen molar-refractivity contribution >= 4 is 36.6 Å².